The summed E-state index contributed by atoms with van der Waals surface area (Å²) < 4.78 is 56.1. The Morgan fingerprint density at radius 1 is 1.04 bits per heavy atom. The van der Waals surface area contributed by atoms with E-state index in [9.17, 15) is 27.5 Å². The van der Waals surface area contributed by atoms with Gasteiger partial charge in [0.2, 0.25) is 0 Å². The Balaban J connectivity index is 1.73. The Kier molecular flexibility index (Phi) is 4.15. The number of carbonyl (C=O) groups is 1. The molecule has 8 heteroatoms. The van der Waals surface area contributed by atoms with Crippen LogP contribution in [0.5, 0.6) is 0 Å². The van der Waals surface area contributed by atoms with Crippen LogP contribution in [0.15, 0.2) is 36.4 Å². The predicted octanol–water partition coefficient (Wildman–Crippen LogP) is 3.69. The summed E-state index contributed by atoms with van der Waals surface area (Å²) in [7, 11) is 0. The van der Waals surface area contributed by atoms with Crippen molar-refractivity contribution in [1.82, 2.24) is 9.47 Å². The molecule has 4 nitrogen and oxygen atoms in total. The molecule has 1 atom stereocenters. The third-order valence-electron chi connectivity index (χ3n) is 5.12. The van der Waals surface area contributed by atoms with Gasteiger partial charge in [0.1, 0.15) is 11.6 Å². The van der Waals surface area contributed by atoms with Gasteiger partial charge in [-0.05, 0) is 43.3 Å². The molecule has 0 aliphatic carbocycles. The molecule has 2 heterocycles. The van der Waals surface area contributed by atoms with E-state index in [1.807, 2.05) is 0 Å². The lowest BCUT2D eigenvalue weighted by Gasteiger charge is -2.30. The Morgan fingerprint density at radius 2 is 1.57 bits per heavy atom. The van der Waals surface area contributed by atoms with Crippen molar-refractivity contribution in [2.75, 3.05) is 13.1 Å². The van der Waals surface area contributed by atoms with Crippen LogP contribution in [-0.4, -0.2) is 45.1 Å². The maximum absolute atomic E-state index is 13.7. The first kappa shape index (κ1) is 18.7. The first-order valence-electron chi connectivity index (χ1n) is 8.84. The molecule has 0 spiro atoms. The molecular weight excluding hydrogens is 376 g/mol. The average Bonchev–Trinajstić information content (AvgIpc) is 3.03. The molecule has 1 N–H and O–H groups in total. The normalized spacial score (nSPS) is 18.9. The Bertz CT molecular complexity index is 1030. The van der Waals surface area contributed by atoms with E-state index in [1.165, 1.54) is 43.3 Å². The number of aliphatic hydroxyl groups is 1. The van der Waals surface area contributed by atoms with Crippen molar-refractivity contribution in [2.45, 2.75) is 31.4 Å². The topological polar surface area (TPSA) is 45.5 Å². The van der Waals surface area contributed by atoms with Crippen LogP contribution in [0.1, 0.15) is 13.3 Å². The van der Waals surface area contributed by atoms with Gasteiger partial charge >= 0.3 is 5.92 Å². The zero-order valence-corrected chi connectivity index (χ0v) is 15.1. The van der Waals surface area contributed by atoms with Crippen molar-refractivity contribution in [3.63, 3.8) is 0 Å². The number of aromatic nitrogens is 1. The van der Waals surface area contributed by atoms with Gasteiger partial charge in [-0.3, -0.25) is 4.79 Å². The smallest absolute Gasteiger partial charge is 0.326 e. The maximum Gasteiger partial charge on any atom is 0.326 e. The van der Waals surface area contributed by atoms with Crippen LogP contribution in [0.3, 0.4) is 0 Å². The van der Waals surface area contributed by atoms with E-state index in [0.29, 0.717) is 21.8 Å². The lowest BCUT2D eigenvalue weighted by Crippen LogP contribution is -2.46. The van der Waals surface area contributed by atoms with E-state index in [0.717, 1.165) is 4.90 Å². The highest BCUT2D eigenvalue weighted by Crippen LogP contribution is 2.33. The highest BCUT2D eigenvalue weighted by atomic mass is 19.3. The minimum Gasteiger partial charge on any atom is -0.386 e. The maximum atomic E-state index is 13.7. The summed E-state index contributed by atoms with van der Waals surface area (Å²) in [6.45, 7) is 0.998. The van der Waals surface area contributed by atoms with Crippen LogP contribution in [0.4, 0.5) is 17.6 Å². The third-order valence-corrected chi connectivity index (χ3v) is 5.12. The van der Waals surface area contributed by atoms with E-state index in [4.69, 9.17) is 0 Å². The number of fused-ring (bicyclic) bond motifs is 3. The van der Waals surface area contributed by atoms with Gasteiger partial charge in [0, 0.05) is 34.8 Å². The Labute approximate surface area is 158 Å². The number of benzene rings is 2. The van der Waals surface area contributed by atoms with Gasteiger partial charge in [-0.2, -0.15) is 8.78 Å². The lowest BCUT2D eigenvalue weighted by molar-refractivity contribution is -0.150. The van der Waals surface area contributed by atoms with E-state index in [1.54, 1.807) is 4.57 Å². The Morgan fingerprint density at radius 3 is 2.04 bits per heavy atom. The van der Waals surface area contributed by atoms with Crippen molar-refractivity contribution in [1.29, 1.82) is 0 Å². The summed E-state index contributed by atoms with van der Waals surface area (Å²) in [5.74, 6) is -5.66. The molecule has 1 unspecified atom stereocenters. The Hall–Kier alpha value is -2.61. The molecule has 2 aromatic carbocycles. The zero-order valence-electron chi connectivity index (χ0n) is 15.1. The zero-order chi connectivity index (χ0) is 20.3. The number of hydrogen-bond acceptors (Lipinski definition) is 2. The second kappa shape index (κ2) is 6.20. The first-order chi connectivity index (χ1) is 13.1. The summed E-state index contributed by atoms with van der Waals surface area (Å²) in [6, 6.07) is 8.13. The average molecular weight is 394 g/mol. The van der Waals surface area contributed by atoms with Gasteiger partial charge < -0.3 is 14.6 Å². The molecule has 1 saturated heterocycles. The molecule has 1 aliphatic rings. The number of amides is 1. The standard InChI is InChI=1S/C20H18F4N2O2/c1-19(28,10-25-7-6-20(23,24)18(25)27)11-26-16-4-2-12(21)8-14(16)15-9-13(22)3-5-17(15)26/h2-5,8-9,28H,6-7,10-11H2,1H3. The number of halogens is 4. The minimum atomic E-state index is -3.40. The molecule has 4 rings (SSSR count). The van der Waals surface area contributed by atoms with Crippen LogP contribution >= 0.6 is 0 Å². The number of hydrogen-bond donors (Lipinski definition) is 1. The summed E-state index contributed by atoms with van der Waals surface area (Å²) in [4.78, 5) is 12.7. The van der Waals surface area contributed by atoms with E-state index in [2.05, 4.69) is 0 Å². The number of rotatable bonds is 4. The van der Waals surface area contributed by atoms with Gasteiger partial charge in [-0.1, -0.05) is 0 Å². The van der Waals surface area contributed by atoms with Crippen molar-refractivity contribution in [3.05, 3.63) is 48.0 Å². The van der Waals surface area contributed by atoms with E-state index < -0.39 is 35.5 Å². The van der Waals surface area contributed by atoms with Crippen molar-refractivity contribution >= 4 is 27.7 Å². The van der Waals surface area contributed by atoms with Gasteiger partial charge in [0.05, 0.1) is 18.7 Å². The minimum absolute atomic E-state index is 0.0420. The van der Waals surface area contributed by atoms with E-state index in [-0.39, 0.29) is 19.6 Å². The van der Waals surface area contributed by atoms with Crippen molar-refractivity contribution < 1.29 is 27.5 Å². The van der Waals surface area contributed by atoms with E-state index >= 15 is 0 Å². The van der Waals surface area contributed by atoms with Gasteiger partial charge in [0.15, 0.2) is 0 Å². The fraction of sp³-hybridized carbons (Fsp3) is 0.350. The molecule has 0 radical (unpaired) electrons. The molecule has 1 aliphatic heterocycles. The highest BCUT2D eigenvalue weighted by Gasteiger charge is 2.49. The van der Waals surface area contributed by atoms with Crippen molar-refractivity contribution in [3.8, 4) is 0 Å². The summed E-state index contributed by atoms with van der Waals surface area (Å²) in [5.41, 5.74) is -0.390. The van der Waals surface area contributed by atoms with Gasteiger partial charge in [0.25, 0.3) is 5.91 Å². The SMILES string of the molecule is CC(O)(CN1CCC(F)(F)C1=O)Cn1c2ccc(F)cc2c2cc(F)ccc21. The summed E-state index contributed by atoms with van der Waals surface area (Å²) >= 11 is 0. The largest absolute Gasteiger partial charge is 0.386 e. The molecule has 1 amide bonds. The highest BCUT2D eigenvalue weighted by molar-refractivity contribution is 6.08. The van der Waals surface area contributed by atoms with Crippen LogP contribution in [0, 0.1) is 11.6 Å². The molecule has 148 valence electrons. The fourth-order valence-electron chi connectivity index (χ4n) is 3.89. The number of alkyl halides is 2. The predicted molar refractivity (Wildman–Crippen MR) is 96.1 cm³/mol. The van der Waals surface area contributed by atoms with Crippen LogP contribution in [0.25, 0.3) is 21.8 Å². The van der Waals surface area contributed by atoms with Crippen LogP contribution < -0.4 is 0 Å². The first-order valence-corrected chi connectivity index (χ1v) is 8.84. The molecule has 0 saturated carbocycles. The van der Waals surface area contributed by atoms with Crippen LogP contribution in [0.2, 0.25) is 0 Å². The van der Waals surface area contributed by atoms with Gasteiger partial charge in [-0.25, -0.2) is 8.78 Å². The number of β-amino-alcohol motifs (C(OH)–C–C–N with tert-alkyl or cyclic N) is 1. The summed E-state index contributed by atoms with van der Waals surface area (Å²) in [5, 5.41) is 11.8. The number of carbonyl (C=O) groups excluding carboxylic acids is 1. The molecular formula is C20H18F4N2O2. The molecule has 1 fully saturated rings. The monoisotopic (exact) mass is 394 g/mol. The quantitative estimate of drug-likeness (QED) is 0.686. The van der Waals surface area contributed by atoms with Crippen LogP contribution in [-0.2, 0) is 11.3 Å². The fourth-order valence-corrected chi connectivity index (χ4v) is 3.89. The molecule has 28 heavy (non-hydrogen) atoms. The molecule has 3 aromatic rings. The lowest BCUT2D eigenvalue weighted by atomic mass is 10.1. The number of nitrogens with zero attached hydrogens (tertiary/aromatic N) is 2. The van der Waals surface area contributed by atoms with Crippen molar-refractivity contribution in [2.24, 2.45) is 0 Å². The third kappa shape index (κ3) is 3.11. The molecule has 0 bridgehead atoms. The summed E-state index contributed by atoms with van der Waals surface area (Å²) in [6.07, 6.45) is -0.574. The van der Waals surface area contributed by atoms with Gasteiger partial charge in [-0.15, -0.1) is 0 Å². The second-order valence-electron chi connectivity index (χ2n) is 7.59. The second-order valence-corrected chi connectivity index (χ2v) is 7.59. The molecule has 1 aromatic heterocycles. The number of likely N-dealkylation sites (tertiary alicyclic amines) is 1.